The maximum atomic E-state index is 13.1. The monoisotopic (exact) mass is 439 g/mol. The summed E-state index contributed by atoms with van der Waals surface area (Å²) in [5.74, 6) is -1.65. The number of hydrogen-bond acceptors (Lipinski definition) is 9. The van der Waals surface area contributed by atoms with E-state index in [1.807, 2.05) is 0 Å². The lowest BCUT2D eigenvalue weighted by Gasteiger charge is -2.20. The van der Waals surface area contributed by atoms with E-state index in [1.54, 1.807) is 0 Å². The first-order chi connectivity index (χ1) is 14.2. The Balaban J connectivity index is 2.76. The van der Waals surface area contributed by atoms with Crippen LogP contribution in [0.3, 0.4) is 0 Å². The second-order valence-corrected chi connectivity index (χ2v) is 7.30. The van der Waals surface area contributed by atoms with Crippen molar-refractivity contribution in [2.24, 2.45) is 0 Å². The fourth-order valence-electron chi connectivity index (χ4n) is 2.70. The van der Waals surface area contributed by atoms with Crippen LogP contribution in [0.25, 0.3) is 0 Å². The van der Waals surface area contributed by atoms with E-state index in [-0.39, 0.29) is 39.0 Å². The van der Waals surface area contributed by atoms with Crippen molar-refractivity contribution in [2.45, 2.75) is 4.90 Å². The number of hydrogen-bond donors (Lipinski definition) is 1. The van der Waals surface area contributed by atoms with Crippen LogP contribution in [-0.4, -0.2) is 55.9 Å². The van der Waals surface area contributed by atoms with Gasteiger partial charge >= 0.3 is 11.9 Å². The number of carbonyl (C=O) groups is 2. The van der Waals surface area contributed by atoms with Gasteiger partial charge in [-0.15, -0.1) is 0 Å². The lowest BCUT2D eigenvalue weighted by Crippen LogP contribution is -2.20. The van der Waals surface area contributed by atoms with Crippen LogP contribution >= 0.6 is 0 Å². The zero-order valence-corrected chi connectivity index (χ0v) is 17.8. The molecular formula is C19H21NO9S. The molecule has 0 aliphatic heterocycles. The van der Waals surface area contributed by atoms with Gasteiger partial charge in [0.25, 0.3) is 10.0 Å². The molecule has 0 atom stereocenters. The van der Waals surface area contributed by atoms with E-state index in [2.05, 4.69) is 9.46 Å². The van der Waals surface area contributed by atoms with Gasteiger partial charge in [0.2, 0.25) is 5.75 Å². The normalized spacial score (nSPS) is 10.7. The van der Waals surface area contributed by atoms with E-state index in [0.717, 1.165) is 14.2 Å². The van der Waals surface area contributed by atoms with Crippen LogP contribution in [0.1, 0.15) is 20.7 Å². The van der Waals surface area contributed by atoms with Gasteiger partial charge in [-0.3, -0.25) is 4.72 Å². The van der Waals surface area contributed by atoms with E-state index in [0.29, 0.717) is 0 Å². The molecule has 162 valence electrons. The first-order valence-electron chi connectivity index (χ1n) is 8.37. The lowest BCUT2D eigenvalue weighted by molar-refractivity contribution is 0.0589. The highest BCUT2D eigenvalue weighted by Crippen LogP contribution is 2.46. The smallest absolute Gasteiger partial charge is 0.340 e. The maximum Gasteiger partial charge on any atom is 0.340 e. The van der Waals surface area contributed by atoms with E-state index >= 15 is 0 Å². The average molecular weight is 439 g/mol. The van der Waals surface area contributed by atoms with Crippen molar-refractivity contribution in [2.75, 3.05) is 40.3 Å². The Kier molecular flexibility index (Phi) is 7.11. The predicted octanol–water partition coefficient (Wildman–Crippen LogP) is 2.09. The minimum atomic E-state index is -4.38. The van der Waals surface area contributed by atoms with Crippen LogP contribution in [0.15, 0.2) is 35.2 Å². The molecular weight excluding hydrogens is 418 g/mol. The quantitative estimate of drug-likeness (QED) is 0.615. The minimum Gasteiger partial charge on any atom is -0.493 e. The van der Waals surface area contributed by atoms with Gasteiger partial charge in [0.05, 0.1) is 46.7 Å². The molecule has 2 aromatic carbocycles. The molecule has 30 heavy (non-hydrogen) atoms. The molecule has 0 heterocycles. The number of nitrogens with one attached hydrogen (secondary N) is 1. The summed E-state index contributed by atoms with van der Waals surface area (Å²) >= 11 is 0. The number of esters is 2. The number of carbonyl (C=O) groups excluding carboxylic acids is 2. The summed E-state index contributed by atoms with van der Waals surface area (Å²) in [5.41, 5.74) is -0.626. The van der Waals surface area contributed by atoms with Crippen LogP contribution in [0.4, 0.5) is 5.69 Å². The summed E-state index contributed by atoms with van der Waals surface area (Å²) in [4.78, 5) is 24.0. The highest BCUT2D eigenvalue weighted by atomic mass is 32.2. The first-order valence-corrected chi connectivity index (χ1v) is 9.85. The molecule has 0 saturated carbocycles. The zero-order chi connectivity index (χ0) is 22.5. The summed E-state index contributed by atoms with van der Waals surface area (Å²) in [5, 5.41) is 0. The number of anilines is 1. The van der Waals surface area contributed by atoms with Gasteiger partial charge in [-0.25, -0.2) is 18.0 Å². The lowest BCUT2D eigenvalue weighted by atomic mass is 10.1. The molecule has 0 aliphatic carbocycles. The molecule has 0 saturated heterocycles. The molecule has 0 bridgehead atoms. The highest BCUT2D eigenvalue weighted by Gasteiger charge is 2.30. The molecule has 0 fully saturated rings. The predicted molar refractivity (Wildman–Crippen MR) is 106 cm³/mol. The Hall–Kier alpha value is -3.47. The fourth-order valence-corrected chi connectivity index (χ4v) is 3.98. The Morgan fingerprint density at radius 2 is 1.37 bits per heavy atom. The topological polar surface area (TPSA) is 126 Å². The summed E-state index contributed by atoms with van der Waals surface area (Å²) in [6.07, 6.45) is 0. The highest BCUT2D eigenvalue weighted by molar-refractivity contribution is 7.92. The summed E-state index contributed by atoms with van der Waals surface area (Å²) < 4.78 is 53.7. The van der Waals surface area contributed by atoms with Gasteiger partial charge in [0.15, 0.2) is 11.5 Å². The molecule has 0 amide bonds. The maximum absolute atomic E-state index is 13.1. The van der Waals surface area contributed by atoms with Crippen LogP contribution in [-0.2, 0) is 19.5 Å². The molecule has 0 aliphatic rings. The van der Waals surface area contributed by atoms with Crippen molar-refractivity contribution < 1.29 is 41.7 Å². The molecule has 10 nitrogen and oxygen atoms in total. The molecule has 0 radical (unpaired) electrons. The van der Waals surface area contributed by atoms with Crippen LogP contribution < -0.4 is 18.9 Å². The fraction of sp³-hybridized carbons (Fsp3) is 0.263. The van der Waals surface area contributed by atoms with Gasteiger partial charge in [-0.2, -0.15) is 0 Å². The van der Waals surface area contributed by atoms with Crippen molar-refractivity contribution in [3.05, 3.63) is 41.5 Å². The van der Waals surface area contributed by atoms with E-state index in [4.69, 9.17) is 18.9 Å². The van der Waals surface area contributed by atoms with Gasteiger partial charge in [-0.1, -0.05) is 12.1 Å². The SMILES string of the molecule is COC(=O)c1ccccc1S(=O)(=O)Nc1c(C(=O)OC)cc(OC)c(OC)c1OC. The van der Waals surface area contributed by atoms with Gasteiger partial charge in [0, 0.05) is 6.07 Å². The van der Waals surface area contributed by atoms with Crippen LogP contribution in [0.5, 0.6) is 17.2 Å². The summed E-state index contributed by atoms with van der Waals surface area (Å²) in [7, 11) is 1.82. The summed E-state index contributed by atoms with van der Waals surface area (Å²) in [6, 6.07) is 6.69. The Labute approximate surface area is 173 Å². The molecule has 11 heteroatoms. The molecule has 0 spiro atoms. The molecule has 2 aromatic rings. The largest absolute Gasteiger partial charge is 0.493 e. The number of rotatable bonds is 8. The van der Waals surface area contributed by atoms with Gasteiger partial charge in [-0.05, 0) is 12.1 Å². The average Bonchev–Trinajstić information content (AvgIpc) is 2.76. The number of ether oxygens (including phenoxy) is 5. The van der Waals surface area contributed by atoms with Crippen molar-refractivity contribution in [3.8, 4) is 17.2 Å². The zero-order valence-electron chi connectivity index (χ0n) is 17.0. The molecule has 0 unspecified atom stereocenters. The van der Waals surface area contributed by atoms with Crippen molar-refractivity contribution in [3.63, 3.8) is 0 Å². The second-order valence-electron chi connectivity index (χ2n) is 5.65. The summed E-state index contributed by atoms with van der Waals surface area (Å²) in [6.45, 7) is 0. The third-order valence-corrected chi connectivity index (χ3v) is 5.46. The van der Waals surface area contributed by atoms with Crippen LogP contribution in [0, 0.1) is 0 Å². The third-order valence-electron chi connectivity index (χ3n) is 4.05. The molecule has 2 rings (SSSR count). The van der Waals surface area contributed by atoms with E-state index in [9.17, 15) is 18.0 Å². The van der Waals surface area contributed by atoms with E-state index in [1.165, 1.54) is 51.7 Å². The van der Waals surface area contributed by atoms with Crippen LogP contribution in [0.2, 0.25) is 0 Å². The van der Waals surface area contributed by atoms with Crippen molar-refractivity contribution in [1.82, 2.24) is 0 Å². The minimum absolute atomic E-state index is 0.0478. The van der Waals surface area contributed by atoms with Crippen molar-refractivity contribution in [1.29, 1.82) is 0 Å². The second kappa shape index (κ2) is 9.35. The van der Waals surface area contributed by atoms with Gasteiger partial charge < -0.3 is 23.7 Å². The standard InChI is InChI=1S/C19H21NO9S/c1-25-13-10-12(19(22)29-5)15(17(27-3)16(13)26-2)20-30(23,24)14-9-7-6-8-11(14)18(21)28-4/h6-10,20H,1-5H3. The number of benzene rings is 2. The number of sulfonamides is 1. The first kappa shape index (κ1) is 22.8. The number of methoxy groups -OCH3 is 5. The van der Waals surface area contributed by atoms with E-state index < -0.39 is 22.0 Å². The van der Waals surface area contributed by atoms with Gasteiger partial charge in [0.1, 0.15) is 10.6 Å². The Morgan fingerprint density at radius 1 is 0.800 bits per heavy atom. The molecule has 1 N–H and O–H groups in total. The third kappa shape index (κ3) is 4.25. The van der Waals surface area contributed by atoms with Crippen molar-refractivity contribution >= 4 is 27.6 Å². The Morgan fingerprint density at radius 3 is 1.90 bits per heavy atom. The molecule has 0 aromatic heterocycles. The Bertz CT molecular complexity index is 1060.